The molecule has 0 bridgehead atoms. The molecule has 0 saturated carbocycles. The minimum absolute atomic E-state index is 0.230. The van der Waals surface area contributed by atoms with Crippen LogP contribution in [-0.2, 0) is 0 Å². The van der Waals surface area contributed by atoms with Crippen molar-refractivity contribution >= 4 is 104 Å². The lowest BCUT2D eigenvalue weighted by Gasteiger charge is -2.17. The molecule has 2 rings (SSSR count). The first kappa shape index (κ1) is 19.9. The highest BCUT2D eigenvalue weighted by atomic mass is 35.6. The monoisotopic (exact) mass is 472 g/mol. The van der Waals surface area contributed by atoms with Gasteiger partial charge in [0.2, 0.25) is 0 Å². The summed E-state index contributed by atoms with van der Waals surface area (Å²) in [6.45, 7) is 1.79. The minimum Gasteiger partial charge on any atom is -0.267 e. The Bertz CT molecular complexity index is 868. The zero-order valence-electron chi connectivity index (χ0n) is 11.0. The van der Waals surface area contributed by atoms with E-state index in [-0.39, 0.29) is 5.39 Å². The molecule has 0 radical (unpaired) electrons. The van der Waals surface area contributed by atoms with Gasteiger partial charge in [-0.05, 0) is 19.1 Å². The third-order valence-corrected chi connectivity index (χ3v) is 5.22. The van der Waals surface area contributed by atoms with Crippen LogP contribution < -0.4 is 11.2 Å². The molecule has 126 valence electrons. The first-order chi connectivity index (χ1) is 10.4. The molecular formula is C11H6Cl6N2O2S2. The van der Waals surface area contributed by atoms with Crippen molar-refractivity contribution in [3.63, 3.8) is 0 Å². The van der Waals surface area contributed by atoms with Gasteiger partial charge in [0.15, 0.2) is 0 Å². The molecule has 0 unspecified atom stereocenters. The smallest absolute Gasteiger partial charge is 0.267 e. The molecule has 0 saturated heterocycles. The van der Waals surface area contributed by atoms with E-state index in [9.17, 15) is 9.59 Å². The lowest BCUT2D eigenvalue weighted by molar-refractivity contribution is 0.979. The Kier molecular flexibility index (Phi) is 6.13. The van der Waals surface area contributed by atoms with Crippen molar-refractivity contribution in [1.82, 2.24) is 7.94 Å². The number of aromatic nitrogens is 2. The summed E-state index contributed by atoms with van der Waals surface area (Å²) in [4.78, 5) is 25.1. The Morgan fingerprint density at radius 2 is 1.43 bits per heavy atom. The minimum atomic E-state index is -1.91. The molecule has 0 aliphatic carbocycles. The molecule has 0 fully saturated rings. The van der Waals surface area contributed by atoms with Crippen LogP contribution in [0.4, 0.5) is 0 Å². The highest BCUT2D eigenvalue weighted by Crippen LogP contribution is 2.41. The second-order valence-corrected chi connectivity index (χ2v) is 12.5. The fraction of sp³-hybridized carbons (Fsp3) is 0.273. The largest absolute Gasteiger partial charge is 0.352 e. The SMILES string of the molecule is Cc1ccc2c(c1)c(=O)n(SC(Cl)(Cl)Cl)c(=O)n2SC(Cl)(Cl)Cl. The Labute approximate surface area is 169 Å². The maximum atomic E-state index is 12.6. The maximum Gasteiger partial charge on any atom is 0.352 e. The van der Waals surface area contributed by atoms with Gasteiger partial charge in [0.1, 0.15) is 0 Å². The third-order valence-electron chi connectivity index (χ3n) is 2.52. The molecule has 0 amide bonds. The lowest BCUT2D eigenvalue weighted by Crippen LogP contribution is -2.37. The summed E-state index contributed by atoms with van der Waals surface area (Å²) in [7, 11) is 0. The van der Waals surface area contributed by atoms with Gasteiger partial charge < -0.3 is 0 Å². The summed E-state index contributed by atoms with van der Waals surface area (Å²) in [6, 6.07) is 4.91. The molecule has 12 heteroatoms. The first-order valence-electron chi connectivity index (χ1n) is 5.70. The quantitative estimate of drug-likeness (QED) is 0.567. The van der Waals surface area contributed by atoms with E-state index >= 15 is 0 Å². The highest BCUT2D eigenvalue weighted by molar-refractivity contribution is 8.04. The van der Waals surface area contributed by atoms with Gasteiger partial charge >= 0.3 is 5.69 Å². The van der Waals surface area contributed by atoms with Crippen LogP contribution in [0.1, 0.15) is 5.56 Å². The fourth-order valence-corrected chi connectivity index (χ4v) is 4.22. The van der Waals surface area contributed by atoms with Crippen molar-refractivity contribution in [2.24, 2.45) is 0 Å². The van der Waals surface area contributed by atoms with Gasteiger partial charge in [-0.3, -0.25) is 4.79 Å². The summed E-state index contributed by atoms with van der Waals surface area (Å²) in [5, 5.41) is 0.230. The average Bonchev–Trinajstić information content (AvgIpc) is 2.37. The molecule has 23 heavy (non-hydrogen) atoms. The number of fused-ring (bicyclic) bond motifs is 1. The van der Waals surface area contributed by atoms with Crippen LogP contribution in [0.3, 0.4) is 0 Å². The average molecular weight is 475 g/mol. The summed E-state index contributed by atoms with van der Waals surface area (Å²) in [6.07, 6.45) is 0. The van der Waals surface area contributed by atoms with Crippen molar-refractivity contribution in [3.05, 3.63) is 44.6 Å². The Hall–Kier alpha value is 0.600. The number of nitrogens with zero attached hydrogens (tertiary/aromatic N) is 2. The second kappa shape index (κ2) is 7.08. The van der Waals surface area contributed by atoms with E-state index in [0.717, 1.165) is 13.5 Å². The number of rotatable bonds is 2. The molecule has 0 aliphatic heterocycles. The molecule has 0 spiro atoms. The van der Waals surface area contributed by atoms with Gasteiger partial charge in [0, 0.05) is 23.9 Å². The van der Waals surface area contributed by atoms with E-state index in [1.54, 1.807) is 25.1 Å². The zero-order chi connectivity index (χ0) is 17.6. The van der Waals surface area contributed by atoms with Crippen molar-refractivity contribution in [1.29, 1.82) is 0 Å². The molecule has 0 aliphatic rings. The number of alkyl halides is 6. The van der Waals surface area contributed by atoms with Gasteiger partial charge in [-0.15, -0.1) is 0 Å². The van der Waals surface area contributed by atoms with E-state index in [2.05, 4.69) is 0 Å². The van der Waals surface area contributed by atoms with Gasteiger partial charge in [-0.2, -0.15) is 3.97 Å². The number of hydrogen-bond donors (Lipinski definition) is 0. The van der Waals surface area contributed by atoms with Crippen molar-refractivity contribution in [2.45, 2.75) is 13.2 Å². The van der Waals surface area contributed by atoms with E-state index in [4.69, 9.17) is 69.6 Å². The number of hydrogen-bond acceptors (Lipinski definition) is 4. The van der Waals surface area contributed by atoms with Gasteiger partial charge in [-0.25, -0.2) is 8.77 Å². The fourth-order valence-electron chi connectivity index (χ4n) is 1.76. The summed E-state index contributed by atoms with van der Waals surface area (Å²) in [5.74, 6) is 0. The van der Waals surface area contributed by atoms with Crippen LogP contribution in [0.2, 0.25) is 0 Å². The second-order valence-electron chi connectivity index (χ2n) is 4.27. The molecule has 0 N–H and O–H groups in total. The van der Waals surface area contributed by atoms with Gasteiger partial charge in [0.05, 0.1) is 10.9 Å². The van der Waals surface area contributed by atoms with Crippen LogP contribution in [-0.4, -0.2) is 14.2 Å². The van der Waals surface area contributed by atoms with Gasteiger partial charge in [0.25, 0.3) is 11.8 Å². The molecule has 4 nitrogen and oxygen atoms in total. The number of aryl methyl sites for hydroxylation is 1. The predicted octanol–water partition coefficient (Wildman–Crippen LogP) is 5.12. The third kappa shape index (κ3) is 5.05. The van der Waals surface area contributed by atoms with E-state index in [0.29, 0.717) is 29.4 Å². The number of halogens is 6. The predicted molar refractivity (Wildman–Crippen MR) is 104 cm³/mol. The molecule has 1 aromatic carbocycles. The standard InChI is InChI=1S/C11H6Cl6N2O2S2/c1-5-2-3-7-6(4-5)8(20)19(23-11(15,16)17)9(21)18(7)22-10(12,13)14/h2-4H,1H3. The summed E-state index contributed by atoms with van der Waals surface area (Å²) in [5.41, 5.74) is -0.308. The Morgan fingerprint density at radius 1 is 0.913 bits per heavy atom. The van der Waals surface area contributed by atoms with Crippen molar-refractivity contribution in [2.75, 3.05) is 0 Å². The molecular weight excluding hydrogens is 469 g/mol. The summed E-state index contributed by atoms with van der Waals surface area (Å²) >= 11 is 35.4. The van der Waals surface area contributed by atoms with Crippen LogP contribution in [0.15, 0.2) is 27.8 Å². The lowest BCUT2D eigenvalue weighted by atomic mass is 10.2. The van der Waals surface area contributed by atoms with Crippen LogP contribution in [0.25, 0.3) is 10.9 Å². The first-order valence-corrected chi connectivity index (χ1v) is 9.51. The van der Waals surface area contributed by atoms with Crippen molar-refractivity contribution < 1.29 is 0 Å². The summed E-state index contributed by atoms with van der Waals surface area (Å²) < 4.78 is -1.94. The van der Waals surface area contributed by atoms with E-state index in [1.165, 1.54) is 0 Å². The zero-order valence-corrected chi connectivity index (χ0v) is 17.2. The van der Waals surface area contributed by atoms with E-state index in [1.807, 2.05) is 0 Å². The topological polar surface area (TPSA) is 44.0 Å². The van der Waals surface area contributed by atoms with E-state index < -0.39 is 17.5 Å². The van der Waals surface area contributed by atoms with Crippen LogP contribution >= 0.6 is 93.5 Å². The van der Waals surface area contributed by atoms with Crippen LogP contribution in [0.5, 0.6) is 0 Å². The molecule has 1 heterocycles. The maximum absolute atomic E-state index is 12.6. The normalized spacial score (nSPS) is 12.8. The van der Waals surface area contributed by atoms with Crippen LogP contribution in [0, 0.1) is 6.92 Å². The Balaban J connectivity index is 2.87. The molecule has 1 aromatic heterocycles. The molecule has 0 atom stereocenters. The number of benzene rings is 1. The Morgan fingerprint density at radius 3 is 1.96 bits per heavy atom. The molecule has 2 aromatic rings. The highest BCUT2D eigenvalue weighted by Gasteiger charge is 2.29. The van der Waals surface area contributed by atoms with Gasteiger partial charge in [-0.1, -0.05) is 81.2 Å². The van der Waals surface area contributed by atoms with Crippen molar-refractivity contribution in [3.8, 4) is 0 Å².